The highest BCUT2D eigenvalue weighted by atomic mass is 16.3. The van der Waals surface area contributed by atoms with E-state index in [2.05, 4.69) is 11.8 Å². The molecule has 2 atom stereocenters. The lowest BCUT2D eigenvalue weighted by Gasteiger charge is -2.22. The number of β-amino-alcohol motifs (C(OH)–C–C–N with tert-alkyl or cyclic N) is 1. The van der Waals surface area contributed by atoms with Crippen molar-refractivity contribution in [3.05, 3.63) is 0 Å². The van der Waals surface area contributed by atoms with Gasteiger partial charge in [-0.25, -0.2) is 0 Å². The van der Waals surface area contributed by atoms with Crippen LogP contribution in [0.5, 0.6) is 0 Å². The van der Waals surface area contributed by atoms with Gasteiger partial charge in [-0.2, -0.15) is 0 Å². The fourth-order valence-electron chi connectivity index (χ4n) is 1.86. The number of rotatable bonds is 3. The van der Waals surface area contributed by atoms with Crippen LogP contribution in [-0.2, 0) is 0 Å². The Morgan fingerprint density at radius 2 is 2.15 bits per heavy atom. The Labute approximate surface area is 80.4 Å². The van der Waals surface area contributed by atoms with Gasteiger partial charge in [0, 0.05) is 6.54 Å². The van der Waals surface area contributed by atoms with Crippen molar-refractivity contribution in [3.63, 3.8) is 0 Å². The van der Waals surface area contributed by atoms with Gasteiger partial charge in [0.25, 0.3) is 0 Å². The molecule has 0 radical (unpaired) electrons. The molecule has 2 unspecified atom stereocenters. The van der Waals surface area contributed by atoms with Crippen LogP contribution in [0.15, 0.2) is 0 Å². The predicted molar refractivity (Wildman–Crippen MR) is 52.5 cm³/mol. The molecule has 13 heavy (non-hydrogen) atoms. The van der Waals surface area contributed by atoms with E-state index in [-0.39, 0.29) is 6.61 Å². The van der Waals surface area contributed by atoms with Crippen LogP contribution in [0.4, 0.5) is 0 Å². The first-order chi connectivity index (χ1) is 6.22. The largest absolute Gasteiger partial charge is 0.394 e. The van der Waals surface area contributed by atoms with Crippen molar-refractivity contribution in [2.75, 3.05) is 26.2 Å². The molecular weight excluding hydrogens is 166 g/mol. The standard InChI is InChI=1S/C10H21NO2/c1-9-3-2-5-11(6-4-9)7-10(13)8-12/h9-10,12-13H,2-8H2,1H3. The molecule has 1 heterocycles. The van der Waals surface area contributed by atoms with E-state index < -0.39 is 6.10 Å². The number of nitrogens with zero attached hydrogens (tertiary/aromatic N) is 1. The zero-order chi connectivity index (χ0) is 9.68. The third kappa shape index (κ3) is 4.07. The SMILES string of the molecule is CC1CCCN(CC(O)CO)CC1. The second-order valence-electron chi connectivity index (χ2n) is 4.17. The Bertz CT molecular complexity index is 141. The van der Waals surface area contributed by atoms with Crippen molar-refractivity contribution in [2.45, 2.75) is 32.3 Å². The van der Waals surface area contributed by atoms with E-state index in [0.29, 0.717) is 6.54 Å². The summed E-state index contributed by atoms with van der Waals surface area (Å²) in [4.78, 5) is 2.25. The molecular formula is C10H21NO2. The zero-order valence-electron chi connectivity index (χ0n) is 8.45. The van der Waals surface area contributed by atoms with E-state index in [4.69, 9.17) is 5.11 Å². The molecule has 1 fully saturated rings. The topological polar surface area (TPSA) is 43.7 Å². The minimum Gasteiger partial charge on any atom is -0.394 e. The molecule has 78 valence electrons. The van der Waals surface area contributed by atoms with E-state index >= 15 is 0 Å². The molecule has 1 saturated heterocycles. The van der Waals surface area contributed by atoms with Gasteiger partial charge >= 0.3 is 0 Å². The first-order valence-corrected chi connectivity index (χ1v) is 5.23. The molecule has 0 bridgehead atoms. The minimum absolute atomic E-state index is 0.119. The summed E-state index contributed by atoms with van der Waals surface area (Å²) in [6.07, 6.45) is 3.18. The molecule has 3 nitrogen and oxygen atoms in total. The fraction of sp³-hybridized carbons (Fsp3) is 1.00. The van der Waals surface area contributed by atoms with Gasteiger partial charge in [0.1, 0.15) is 0 Å². The molecule has 0 saturated carbocycles. The summed E-state index contributed by atoms with van der Waals surface area (Å²) in [5.74, 6) is 0.816. The highest BCUT2D eigenvalue weighted by Gasteiger charge is 2.15. The number of hydrogen-bond acceptors (Lipinski definition) is 3. The van der Waals surface area contributed by atoms with Gasteiger partial charge in [-0.1, -0.05) is 6.92 Å². The molecule has 0 aromatic heterocycles. The number of aliphatic hydroxyl groups is 2. The van der Waals surface area contributed by atoms with Crippen molar-refractivity contribution >= 4 is 0 Å². The maximum atomic E-state index is 9.28. The summed E-state index contributed by atoms with van der Waals surface area (Å²) in [5.41, 5.74) is 0. The summed E-state index contributed by atoms with van der Waals surface area (Å²) in [5, 5.41) is 18.0. The zero-order valence-corrected chi connectivity index (χ0v) is 8.45. The molecule has 0 aliphatic carbocycles. The van der Waals surface area contributed by atoms with E-state index in [9.17, 15) is 5.11 Å². The van der Waals surface area contributed by atoms with Gasteiger partial charge in [-0.05, 0) is 38.3 Å². The van der Waals surface area contributed by atoms with Gasteiger partial charge in [-0.3, -0.25) is 0 Å². The van der Waals surface area contributed by atoms with E-state index in [1.807, 2.05) is 0 Å². The first-order valence-electron chi connectivity index (χ1n) is 5.23. The Morgan fingerprint density at radius 3 is 2.85 bits per heavy atom. The average molecular weight is 187 g/mol. The third-order valence-corrected chi connectivity index (χ3v) is 2.79. The van der Waals surface area contributed by atoms with Gasteiger partial charge in [0.05, 0.1) is 12.7 Å². The maximum absolute atomic E-state index is 9.28. The molecule has 1 aliphatic rings. The molecule has 0 aromatic rings. The second-order valence-corrected chi connectivity index (χ2v) is 4.17. The lowest BCUT2D eigenvalue weighted by molar-refractivity contribution is 0.0600. The quantitative estimate of drug-likeness (QED) is 0.674. The van der Waals surface area contributed by atoms with Crippen LogP contribution in [0.3, 0.4) is 0 Å². The molecule has 1 aliphatic heterocycles. The minimum atomic E-state index is -0.562. The average Bonchev–Trinajstić information content (AvgIpc) is 2.31. The lowest BCUT2D eigenvalue weighted by Crippen LogP contribution is -2.35. The third-order valence-electron chi connectivity index (χ3n) is 2.79. The highest BCUT2D eigenvalue weighted by molar-refractivity contribution is 4.69. The van der Waals surface area contributed by atoms with Crippen LogP contribution >= 0.6 is 0 Å². The fourth-order valence-corrected chi connectivity index (χ4v) is 1.86. The van der Waals surface area contributed by atoms with Crippen molar-refractivity contribution in [1.29, 1.82) is 0 Å². The molecule has 1 rings (SSSR count). The molecule has 0 aromatic carbocycles. The smallest absolute Gasteiger partial charge is 0.0897 e. The number of likely N-dealkylation sites (tertiary alicyclic amines) is 1. The predicted octanol–water partition coefficient (Wildman–Crippen LogP) is 0.462. The maximum Gasteiger partial charge on any atom is 0.0897 e. The van der Waals surface area contributed by atoms with Crippen molar-refractivity contribution in [1.82, 2.24) is 4.90 Å². The summed E-state index contributed by atoms with van der Waals surface area (Å²) >= 11 is 0. The molecule has 0 spiro atoms. The summed E-state index contributed by atoms with van der Waals surface area (Å²) in [6, 6.07) is 0. The van der Waals surface area contributed by atoms with Crippen molar-refractivity contribution in [2.24, 2.45) is 5.92 Å². The number of aliphatic hydroxyl groups excluding tert-OH is 2. The van der Waals surface area contributed by atoms with Crippen LogP contribution < -0.4 is 0 Å². The van der Waals surface area contributed by atoms with E-state index in [1.165, 1.54) is 19.3 Å². The Hall–Kier alpha value is -0.120. The molecule has 0 amide bonds. The Balaban J connectivity index is 2.25. The van der Waals surface area contributed by atoms with E-state index in [1.54, 1.807) is 0 Å². The van der Waals surface area contributed by atoms with Crippen LogP contribution in [0.1, 0.15) is 26.2 Å². The molecule has 3 heteroatoms. The second kappa shape index (κ2) is 5.58. The van der Waals surface area contributed by atoms with Crippen LogP contribution in [0.25, 0.3) is 0 Å². The Morgan fingerprint density at radius 1 is 1.38 bits per heavy atom. The van der Waals surface area contributed by atoms with Crippen molar-refractivity contribution < 1.29 is 10.2 Å². The lowest BCUT2D eigenvalue weighted by atomic mass is 10.0. The summed E-state index contributed by atoms with van der Waals surface area (Å²) < 4.78 is 0. The van der Waals surface area contributed by atoms with Gasteiger partial charge in [0.15, 0.2) is 0 Å². The van der Waals surface area contributed by atoms with E-state index in [0.717, 1.165) is 19.0 Å². The normalized spacial score (nSPS) is 28.4. The van der Waals surface area contributed by atoms with Gasteiger partial charge in [0.2, 0.25) is 0 Å². The van der Waals surface area contributed by atoms with Crippen LogP contribution in [0, 0.1) is 5.92 Å². The summed E-state index contributed by atoms with van der Waals surface area (Å²) in [6.45, 7) is 4.93. The van der Waals surface area contributed by atoms with Crippen LogP contribution in [-0.4, -0.2) is 47.5 Å². The Kier molecular flexibility index (Phi) is 4.70. The van der Waals surface area contributed by atoms with Gasteiger partial charge < -0.3 is 15.1 Å². The van der Waals surface area contributed by atoms with Crippen molar-refractivity contribution in [3.8, 4) is 0 Å². The van der Waals surface area contributed by atoms with Crippen LogP contribution in [0.2, 0.25) is 0 Å². The summed E-state index contributed by atoms with van der Waals surface area (Å²) in [7, 11) is 0. The number of hydrogen-bond donors (Lipinski definition) is 2. The highest BCUT2D eigenvalue weighted by Crippen LogP contribution is 2.16. The molecule has 2 N–H and O–H groups in total. The monoisotopic (exact) mass is 187 g/mol. The first kappa shape index (κ1) is 11.0. The van der Waals surface area contributed by atoms with Gasteiger partial charge in [-0.15, -0.1) is 0 Å².